The van der Waals surface area contributed by atoms with Crippen LogP contribution in [0, 0.1) is 5.92 Å². The Morgan fingerprint density at radius 2 is 1.76 bits per heavy atom. The van der Waals surface area contributed by atoms with Crippen LogP contribution in [0.5, 0.6) is 11.5 Å². The van der Waals surface area contributed by atoms with Crippen LogP contribution in [0.2, 0.25) is 0 Å². The molecule has 33 heavy (non-hydrogen) atoms. The van der Waals surface area contributed by atoms with Crippen LogP contribution in [0.1, 0.15) is 27.5 Å². The van der Waals surface area contributed by atoms with Gasteiger partial charge in [-0.25, -0.2) is 0 Å². The highest BCUT2D eigenvalue weighted by atomic mass is 16.5. The number of benzene rings is 2. The molecule has 2 unspecified atom stereocenters. The maximum atomic E-state index is 13.3. The molecule has 2 atom stereocenters. The first kappa shape index (κ1) is 22.3. The number of aromatic nitrogens is 1. The Labute approximate surface area is 193 Å². The lowest BCUT2D eigenvalue weighted by Crippen LogP contribution is -2.35. The van der Waals surface area contributed by atoms with Crippen LogP contribution in [-0.2, 0) is 11.3 Å². The quantitative estimate of drug-likeness (QED) is 0.604. The monoisotopic (exact) mass is 445 g/mol. The van der Waals surface area contributed by atoms with Crippen molar-refractivity contribution in [2.45, 2.75) is 12.5 Å². The molecule has 1 fully saturated rings. The van der Waals surface area contributed by atoms with Gasteiger partial charge in [-0.05, 0) is 30.3 Å². The predicted molar refractivity (Wildman–Crippen MR) is 124 cm³/mol. The first-order valence-electron chi connectivity index (χ1n) is 10.8. The number of hydrogen-bond acceptors (Lipinski definition) is 5. The largest absolute Gasteiger partial charge is 0.493 e. The summed E-state index contributed by atoms with van der Waals surface area (Å²) in [5.41, 5.74) is 2.22. The lowest BCUT2D eigenvalue weighted by atomic mass is 9.87. The second kappa shape index (κ2) is 10.2. The standard InChI is InChI=1S/C26H27N3O4/c1-32-23-13-8-12-20(24(23)33-2)21-16-29(26(31)18-9-4-3-5-10-18)17-22(21)25(30)28-15-19-11-6-7-14-27-19/h3-14,21-22H,15-17H2,1-2H3,(H,28,30). The highest BCUT2D eigenvalue weighted by molar-refractivity contribution is 5.95. The third-order valence-electron chi connectivity index (χ3n) is 5.97. The first-order valence-corrected chi connectivity index (χ1v) is 10.8. The molecule has 0 bridgehead atoms. The molecule has 4 rings (SSSR count). The molecule has 0 aliphatic carbocycles. The van der Waals surface area contributed by atoms with Gasteiger partial charge in [-0.2, -0.15) is 0 Å². The van der Waals surface area contributed by atoms with Gasteiger partial charge >= 0.3 is 0 Å². The van der Waals surface area contributed by atoms with Gasteiger partial charge in [-0.1, -0.05) is 36.4 Å². The third-order valence-corrected chi connectivity index (χ3v) is 5.97. The Balaban J connectivity index is 1.62. The molecule has 7 nitrogen and oxygen atoms in total. The molecule has 2 amide bonds. The summed E-state index contributed by atoms with van der Waals surface area (Å²) in [4.78, 5) is 32.5. The van der Waals surface area contributed by atoms with Crippen molar-refractivity contribution in [3.63, 3.8) is 0 Å². The number of rotatable bonds is 7. The molecular formula is C26H27N3O4. The van der Waals surface area contributed by atoms with Crippen molar-refractivity contribution in [2.24, 2.45) is 5.92 Å². The molecule has 3 aromatic rings. The van der Waals surface area contributed by atoms with E-state index in [1.807, 2.05) is 54.6 Å². The van der Waals surface area contributed by atoms with E-state index in [0.717, 1.165) is 11.3 Å². The second-order valence-electron chi connectivity index (χ2n) is 7.91. The van der Waals surface area contributed by atoms with Gasteiger partial charge in [0.15, 0.2) is 11.5 Å². The zero-order chi connectivity index (χ0) is 23.2. The predicted octanol–water partition coefficient (Wildman–Crippen LogP) is 3.27. The smallest absolute Gasteiger partial charge is 0.253 e. The summed E-state index contributed by atoms with van der Waals surface area (Å²) in [5.74, 6) is 0.271. The van der Waals surface area contributed by atoms with Crippen LogP contribution in [0.15, 0.2) is 72.9 Å². The highest BCUT2D eigenvalue weighted by Crippen LogP contribution is 2.42. The number of nitrogens with one attached hydrogen (secondary N) is 1. The molecule has 0 spiro atoms. The number of carbonyl (C=O) groups is 2. The van der Waals surface area contributed by atoms with E-state index in [1.54, 1.807) is 37.4 Å². The summed E-state index contributed by atoms with van der Waals surface area (Å²) >= 11 is 0. The molecule has 0 radical (unpaired) electrons. The molecule has 1 saturated heterocycles. The van der Waals surface area contributed by atoms with E-state index in [2.05, 4.69) is 10.3 Å². The van der Waals surface area contributed by atoms with Crippen molar-refractivity contribution in [1.29, 1.82) is 0 Å². The van der Waals surface area contributed by atoms with Crippen molar-refractivity contribution in [2.75, 3.05) is 27.3 Å². The zero-order valence-corrected chi connectivity index (χ0v) is 18.7. The fourth-order valence-electron chi connectivity index (χ4n) is 4.33. The second-order valence-corrected chi connectivity index (χ2v) is 7.91. The van der Waals surface area contributed by atoms with Gasteiger partial charge in [-0.15, -0.1) is 0 Å². The summed E-state index contributed by atoms with van der Waals surface area (Å²) in [6.07, 6.45) is 1.70. The van der Waals surface area contributed by atoms with E-state index in [4.69, 9.17) is 9.47 Å². The number of methoxy groups -OCH3 is 2. The van der Waals surface area contributed by atoms with Gasteiger partial charge in [0, 0.05) is 36.3 Å². The van der Waals surface area contributed by atoms with Crippen LogP contribution in [0.25, 0.3) is 0 Å². The topological polar surface area (TPSA) is 80.8 Å². The minimum atomic E-state index is -0.442. The van der Waals surface area contributed by atoms with Crippen molar-refractivity contribution in [1.82, 2.24) is 15.2 Å². The van der Waals surface area contributed by atoms with E-state index >= 15 is 0 Å². The van der Waals surface area contributed by atoms with Gasteiger partial charge in [0.1, 0.15) is 0 Å². The zero-order valence-electron chi connectivity index (χ0n) is 18.7. The number of hydrogen-bond donors (Lipinski definition) is 1. The van der Waals surface area contributed by atoms with Gasteiger partial charge in [0.2, 0.25) is 5.91 Å². The van der Waals surface area contributed by atoms with E-state index < -0.39 is 5.92 Å². The fraction of sp³-hybridized carbons (Fsp3) is 0.269. The summed E-state index contributed by atoms with van der Waals surface area (Å²) in [6.45, 7) is 1.04. The van der Waals surface area contributed by atoms with Crippen molar-refractivity contribution >= 4 is 11.8 Å². The molecular weight excluding hydrogens is 418 g/mol. The van der Waals surface area contributed by atoms with Crippen molar-refractivity contribution < 1.29 is 19.1 Å². The van der Waals surface area contributed by atoms with Crippen molar-refractivity contribution in [3.8, 4) is 11.5 Å². The minimum Gasteiger partial charge on any atom is -0.493 e. The molecule has 1 aliphatic heterocycles. The average Bonchev–Trinajstić information content (AvgIpc) is 3.32. The normalized spacial score (nSPS) is 17.5. The Bertz CT molecular complexity index is 1110. The summed E-state index contributed by atoms with van der Waals surface area (Å²) < 4.78 is 11.1. The van der Waals surface area contributed by atoms with Crippen LogP contribution < -0.4 is 14.8 Å². The maximum Gasteiger partial charge on any atom is 0.253 e. The number of likely N-dealkylation sites (tertiary alicyclic amines) is 1. The molecule has 2 heterocycles. The number of pyridine rings is 1. The Morgan fingerprint density at radius 1 is 0.970 bits per heavy atom. The summed E-state index contributed by atoms with van der Waals surface area (Å²) in [5, 5.41) is 2.99. The SMILES string of the molecule is COc1cccc(C2CN(C(=O)c3ccccc3)CC2C(=O)NCc2ccccn2)c1OC. The summed E-state index contributed by atoms with van der Waals surface area (Å²) in [7, 11) is 3.16. The number of carbonyl (C=O) groups excluding carboxylic acids is 2. The van der Waals surface area contributed by atoms with Gasteiger partial charge in [-0.3, -0.25) is 14.6 Å². The number of para-hydroxylation sites is 1. The van der Waals surface area contributed by atoms with Crippen LogP contribution in [-0.4, -0.2) is 49.0 Å². The molecule has 0 saturated carbocycles. The van der Waals surface area contributed by atoms with E-state index in [1.165, 1.54) is 0 Å². The van der Waals surface area contributed by atoms with Gasteiger partial charge < -0.3 is 19.7 Å². The molecule has 170 valence electrons. The first-order chi connectivity index (χ1) is 16.1. The number of amides is 2. The maximum absolute atomic E-state index is 13.3. The lowest BCUT2D eigenvalue weighted by molar-refractivity contribution is -0.125. The molecule has 2 aromatic carbocycles. The Hall–Kier alpha value is -3.87. The third kappa shape index (κ3) is 4.82. The van der Waals surface area contributed by atoms with Gasteiger partial charge in [0.25, 0.3) is 5.91 Å². The van der Waals surface area contributed by atoms with Gasteiger partial charge in [0.05, 0.1) is 32.4 Å². The molecule has 1 N–H and O–H groups in total. The highest BCUT2D eigenvalue weighted by Gasteiger charge is 2.42. The Kier molecular flexibility index (Phi) is 6.88. The molecule has 1 aromatic heterocycles. The number of ether oxygens (including phenoxy) is 2. The van der Waals surface area contributed by atoms with Crippen molar-refractivity contribution in [3.05, 3.63) is 89.7 Å². The van der Waals surface area contributed by atoms with E-state index in [9.17, 15) is 9.59 Å². The van der Waals surface area contributed by atoms with Crippen LogP contribution in [0.3, 0.4) is 0 Å². The van der Waals surface area contributed by atoms with Crippen LogP contribution >= 0.6 is 0 Å². The van der Waals surface area contributed by atoms with Crippen LogP contribution in [0.4, 0.5) is 0 Å². The Morgan fingerprint density at radius 3 is 2.45 bits per heavy atom. The summed E-state index contributed by atoms with van der Waals surface area (Å²) in [6, 6.07) is 20.3. The van der Waals surface area contributed by atoms with E-state index in [-0.39, 0.29) is 17.7 Å². The number of nitrogens with zero attached hydrogens (tertiary/aromatic N) is 2. The molecule has 7 heteroatoms. The minimum absolute atomic E-state index is 0.0949. The average molecular weight is 446 g/mol. The van der Waals surface area contributed by atoms with E-state index in [0.29, 0.717) is 36.7 Å². The fourth-order valence-corrected chi connectivity index (χ4v) is 4.33. The molecule has 1 aliphatic rings. The lowest BCUT2D eigenvalue weighted by Gasteiger charge is -2.21.